The summed E-state index contributed by atoms with van der Waals surface area (Å²) in [5.41, 5.74) is 1.06. The fourth-order valence-corrected chi connectivity index (χ4v) is 4.95. The normalized spacial score (nSPS) is 17.0. The lowest BCUT2D eigenvalue weighted by atomic mass is 10.0. The molecule has 0 radical (unpaired) electrons. The second-order valence-corrected chi connectivity index (χ2v) is 9.46. The van der Waals surface area contributed by atoms with Crippen molar-refractivity contribution in [3.63, 3.8) is 0 Å². The van der Waals surface area contributed by atoms with Crippen LogP contribution >= 0.6 is 0 Å². The molecule has 0 aromatic heterocycles. The lowest BCUT2D eigenvalue weighted by Gasteiger charge is -2.23. The molecule has 164 valence electrons. The number of amides is 1. The van der Waals surface area contributed by atoms with Crippen LogP contribution in [0.2, 0.25) is 0 Å². The number of carbonyl (C=O) groups is 3. The molecule has 9 heteroatoms. The van der Waals surface area contributed by atoms with E-state index in [1.54, 1.807) is 48.5 Å². The fraction of sp³-hybridized carbons (Fsp3) is 0.318. The first kappa shape index (κ1) is 22.5. The van der Waals surface area contributed by atoms with E-state index in [9.17, 15) is 22.8 Å². The zero-order valence-electron chi connectivity index (χ0n) is 17.0. The molecule has 1 aliphatic heterocycles. The van der Waals surface area contributed by atoms with Crippen LogP contribution < -0.4 is 4.74 Å². The summed E-state index contributed by atoms with van der Waals surface area (Å²) >= 11 is 0. The first-order valence-corrected chi connectivity index (χ1v) is 11.5. The first-order valence-electron chi connectivity index (χ1n) is 9.69. The molecule has 3 rings (SSSR count). The van der Waals surface area contributed by atoms with Gasteiger partial charge in [0.15, 0.2) is 28.8 Å². The molecule has 2 aromatic carbocycles. The molecule has 1 unspecified atom stereocenters. The van der Waals surface area contributed by atoms with Gasteiger partial charge in [0, 0.05) is 24.2 Å². The highest BCUT2D eigenvalue weighted by Crippen LogP contribution is 2.17. The Morgan fingerprint density at radius 3 is 2.23 bits per heavy atom. The third-order valence-corrected chi connectivity index (χ3v) is 6.77. The number of ether oxygens (including phenoxy) is 2. The van der Waals surface area contributed by atoms with Crippen LogP contribution in [0.25, 0.3) is 0 Å². The molecule has 0 bridgehead atoms. The predicted molar refractivity (Wildman–Crippen MR) is 113 cm³/mol. The Hall–Kier alpha value is -3.20. The number of likely N-dealkylation sites (N-methyl/N-ethyl adjacent to an activating group) is 1. The summed E-state index contributed by atoms with van der Waals surface area (Å²) in [6, 6.07) is 14.8. The SMILES string of the molecule is CN(C(=O)COC(=O)COc1ccc(C(=O)c2ccccc2)cc1)C1CCS(=O)(=O)C1. The van der Waals surface area contributed by atoms with Gasteiger partial charge in [0.05, 0.1) is 11.5 Å². The number of nitrogens with zero attached hydrogens (tertiary/aromatic N) is 1. The van der Waals surface area contributed by atoms with E-state index in [2.05, 4.69) is 0 Å². The number of rotatable bonds is 8. The van der Waals surface area contributed by atoms with Gasteiger partial charge in [-0.3, -0.25) is 9.59 Å². The monoisotopic (exact) mass is 445 g/mol. The highest BCUT2D eigenvalue weighted by molar-refractivity contribution is 7.91. The Morgan fingerprint density at radius 1 is 0.968 bits per heavy atom. The highest BCUT2D eigenvalue weighted by Gasteiger charge is 2.32. The number of hydrogen-bond acceptors (Lipinski definition) is 7. The first-order chi connectivity index (χ1) is 14.7. The van der Waals surface area contributed by atoms with Crippen molar-refractivity contribution in [1.29, 1.82) is 0 Å². The maximum absolute atomic E-state index is 12.4. The van der Waals surface area contributed by atoms with Crippen LogP contribution in [0.15, 0.2) is 54.6 Å². The Labute approximate surface area is 180 Å². The lowest BCUT2D eigenvalue weighted by molar-refractivity contribution is -0.153. The van der Waals surface area contributed by atoms with Crippen molar-refractivity contribution in [1.82, 2.24) is 4.90 Å². The van der Waals surface area contributed by atoms with Crippen molar-refractivity contribution in [2.45, 2.75) is 12.5 Å². The number of carbonyl (C=O) groups excluding carboxylic acids is 3. The molecule has 0 saturated carbocycles. The van der Waals surface area contributed by atoms with E-state index in [1.165, 1.54) is 11.9 Å². The van der Waals surface area contributed by atoms with Gasteiger partial charge in [-0.05, 0) is 30.7 Å². The molecule has 1 amide bonds. The van der Waals surface area contributed by atoms with Crippen molar-refractivity contribution in [3.8, 4) is 5.75 Å². The van der Waals surface area contributed by atoms with Crippen molar-refractivity contribution in [3.05, 3.63) is 65.7 Å². The smallest absolute Gasteiger partial charge is 0.344 e. The minimum Gasteiger partial charge on any atom is -0.482 e. The lowest BCUT2D eigenvalue weighted by Crippen LogP contribution is -2.40. The van der Waals surface area contributed by atoms with Crippen molar-refractivity contribution >= 4 is 27.5 Å². The number of ketones is 1. The average molecular weight is 445 g/mol. The van der Waals surface area contributed by atoms with Crippen LogP contribution in [0.1, 0.15) is 22.3 Å². The van der Waals surface area contributed by atoms with E-state index in [4.69, 9.17) is 9.47 Å². The number of hydrogen-bond donors (Lipinski definition) is 0. The topological polar surface area (TPSA) is 107 Å². The maximum atomic E-state index is 12.4. The summed E-state index contributed by atoms with van der Waals surface area (Å²) < 4.78 is 33.3. The summed E-state index contributed by atoms with van der Waals surface area (Å²) in [4.78, 5) is 37.7. The summed E-state index contributed by atoms with van der Waals surface area (Å²) in [7, 11) is -1.62. The molecule has 0 spiro atoms. The van der Waals surface area contributed by atoms with Gasteiger partial charge in [0.2, 0.25) is 0 Å². The van der Waals surface area contributed by atoms with Gasteiger partial charge in [0.1, 0.15) is 5.75 Å². The van der Waals surface area contributed by atoms with Crippen molar-refractivity contribution in [2.24, 2.45) is 0 Å². The van der Waals surface area contributed by atoms with Crippen LogP contribution in [-0.4, -0.2) is 68.8 Å². The quantitative estimate of drug-likeness (QED) is 0.447. The molecule has 0 N–H and O–H groups in total. The van der Waals surface area contributed by atoms with Gasteiger partial charge in [-0.25, -0.2) is 13.2 Å². The minimum atomic E-state index is -3.11. The van der Waals surface area contributed by atoms with E-state index >= 15 is 0 Å². The zero-order chi connectivity index (χ0) is 22.4. The van der Waals surface area contributed by atoms with Gasteiger partial charge in [-0.1, -0.05) is 30.3 Å². The second kappa shape index (κ2) is 9.74. The van der Waals surface area contributed by atoms with Crippen LogP contribution in [0, 0.1) is 0 Å². The summed E-state index contributed by atoms with van der Waals surface area (Å²) in [6.45, 7) is -0.888. The summed E-state index contributed by atoms with van der Waals surface area (Å²) in [5, 5.41) is 0. The molecule has 31 heavy (non-hydrogen) atoms. The Kier molecular flexibility index (Phi) is 7.06. The highest BCUT2D eigenvalue weighted by atomic mass is 32.2. The molecule has 1 heterocycles. The largest absolute Gasteiger partial charge is 0.482 e. The van der Waals surface area contributed by atoms with Crippen molar-refractivity contribution in [2.75, 3.05) is 31.8 Å². The van der Waals surface area contributed by atoms with Crippen LogP contribution in [0.5, 0.6) is 5.75 Å². The van der Waals surface area contributed by atoms with E-state index in [-0.39, 0.29) is 17.3 Å². The van der Waals surface area contributed by atoms with Gasteiger partial charge in [-0.15, -0.1) is 0 Å². The summed E-state index contributed by atoms with van der Waals surface area (Å²) in [5.74, 6) is -0.969. The third kappa shape index (κ3) is 6.14. The van der Waals surface area contributed by atoms with Gasteiger partial charge >= 0.3 is 5.97 Å². The molecule has 0 aliphatic carbocycles. The molecular weight excluding hydrogens is 422 g/mol. The average Bonchev–Trinajstić information content (AvgIpc) is 3.15. The van der Waals surface area contributed by atoms with Gasteiger partial charge in [-0.2, -0.15) is 0 Å². The molecule has 2 aromatic rings. The van der Waals surface area contributed by atoms with Gasteiger partial charge in [0.25, 0.3) is 5.91 Å². The predicted octanol–water partition coefficient (Wildman–Crippen LogP) is 1.49. The Morgan fingerprint density at radius 2 is 1.61 bits per heavy atom. The van der Waals surface area contributed by atoms with Crippen LogP contribution in [0.4, 0.5) is 0 Å². The van der Waals surface area contributed by atoms with E-state index in [1.807, 2.05) is 6.07 Å². The number of benzene rings is 2. The molecule has 8 nitrogen and oxygen atoms in total. The van der Waals surface area contributed by atoms with E-state index in [0.29, 0.717) is 23.3 Å². The molecular formula is C22H23NO7S. The third-order valence-electron chi connectivity index (χ3n) is 5.02. The van der Waals surface area contributed by atoms with Crippen LogP contribution in [-0.2, 0) is 24.2 Å². The molecule has 1 fully saturated rings. The molecule has 1 saturated heterocycles. The maximum Gasteiger partial charge on any atom is 0.344 e. The standard InChI is InChI=1S/C22H23NO7S/c1-23(18-11-12-31(27,28)15-18)20(24)13-30-21(25)14-29-19-9-7-17(8-10-19)22(26)16-5-3-2-4-6-16/h2-10,18H,11-15H2,1H3. The molecule has 1 atom stereocenters. The Bertz CT molecular complexity index is 1050. The minimum absolute atomic E-state index is 0.0542. The Balaban J connectivity index is 1.43. The van der Waals surface area contributed by atoms with E-state index in [0.717, 1.165) is 0 Å². The number of esters is 1. The van der Waals surface area contributed by atoms with Crippen LogP contribution in [0.3, 0.4) is 0 Å². The summed E-state index contributed by atoms with van der Waals surface area (Å²) in [6.07, 6.45) is 0.379. The number of sulfone groups is 1. The van der Waals surface area contributed by atoms with Gasteiger partial charge < -0.3 is 14.4 Å². The second-order valence-electron chi connectivity index (χ2n) is 7.23. The molecule has 1 aliphatic rings. The fourth-order valence-electron chi connectivity index (χ4n) is 3.17. The van der Waals surface area contributed by atoms with Crippen molar-refractivity contribution < 1.29 is 32.3 Å². The van der Waals surface area contributed by atoms with E-state index < -0.39 is 41.0 Å². The zero-order valence-corrected chi connectivity index (χ0v) is 17.8.